The fourth-order valence-corrected chi connectivity index (χ4v) is 7.03. The second kappa shape index (κ2) is 16.0. The molecule has 4 N–H and O–H groups in total. The molecule has 262 valence electrons. The van der Waals surface area contributed by atoms with Crippen molar-refractivity contribution in [2.75, 3.05) is 13.7 Å². The highest BCUT2D eigenvalue weighted by Crippen LogP contribution is 2.44. The van der Waals surface area contributed by atoms with E-state index in [1.165, 1.54) is 7.05 Å². The van der Waals surface area contributed by atoms with Crippen molar-refractivity contribution in [3.63, 3.8) is 0 Å². The van der Waals surface area contributed by atoms with Crippen LogP contribution in [0.5, 0.6) is 0 Å². The predicted molar refractivity (Wildman–Crippen MR) is 194 cm³/mol. The van der Waals surface area contributed by atoms with Crippen LogP contribution in [-0.4, -0.2) is 71.1 Å². The van der Waals surface area contributed by atoms with Gasteiger partial charge in [0, 0.05) is 19.0 Å². The molecule has 5 rings (SSSR count). The lowest BCUT2D eigenvalue weighted by Gasteiger charge is -2.36. The van der Waals surface area contributed by atoms with Gasteiger partial charge in [-0.2, -0.15) is 0 Å². The van der Waals surface area contributed by atoms with Crippen LogP contribution in [0, 0.1) is 5.41 Å². The molecule has 0 bridgehead atoms. The molecule has 4 aromatic carbocycles. The SMILES string of the molecule is CN(C(=O)O)[C@H](C(=O)N[C@@H](Cc1ccccc1)C[C@H](O)[C@H](Cc1ccccc1)NC(=O)OCC1c2ccccc2-c2ccccc21)C(C)(C)C. The van der Waals surface area contributed by atoms with Crippen molar-refractivity contribution in [3.8, 4) is 11.1 Å². The number of nitrogens with zero attached hydrogens (tertiary/aromatic N) is 1. The number of carbonyl (C=O) groups is 3. The second-order valence-corrected chi connectivity index (χ2v) is 14.1. The van der Waals surface area contributed by atoms with Crippen molar-refractivity contribution >= 4 is 18.1 Å². The monoisotopic (exact) mass is 677 g/mol. The molecule has 9 heteroatoms. The van der Waals surface area contributed by atoms with Gasteiger partial charge in [0.1, 0.15) is 12.6 Å². The Hall–Kier alpha value is -5.15. The number of benzene rings is 4. The largest absolute Gasteiger partial charge is 0.465 e. The summed E-state index contributed by atoms with van der Waals surface area (Å²) in [7, 11) is 1.38. The summed E-state index contributed by atoms with van der Waals surface area (Å²) in [6, 6.07) is 33.1. The Morgan fingerprint density at radius 2 is 1.26 bits per heavy atom. The van der Waals surface area contributed by atoms with Crippen molar-refractivity contribution in [2.24, 2.45) is 5.41 Å². The maximum atomic E-state index is 13.8. The zero-order valence-corrected chi connectivity index (χ0v) is 29.1. The molecular weight excluding hydrogens is 630 g/mol. The molecule has 4 atom stereocenters. The highest BCUT2D eigenvalue weighted by atomic mass is 16.5. The minimum Gasteiger partial charge on any atom is -0.465 e. The van der Waals surface area contributed by atoms with E-state index in [-0.39, 0.29) is 18.9 Å². The molecule has 3 amide bonds. The van der Waals surface area contributed by atoms with Crippen LogP contribution in [-0.2, 0) is 22.4 Å². The Morgan fingerprint density at radius 1 is 0.760 bits per heavy atom. The van der Waals surface area contributed by atoms with Crippen LogP contribution in [0.3, 0.4) is 0 Å². The molecule has 0 unspecified atom stereocenters. The van der Waals surface area contributed by atoms with Crippen LogP contribution in [0.4, 0.5) is 9.59 Å². The third-order valence-electron chi connectivity index (χ3n) is 9.36. The second-order valence-electron chi connectivity index (χ2n) is 14.1. The molecule has 0 fully saturated rings. The van der Waals surface area contributed by atoms with E-state index in [1.54, 1.807) is 0 Å². The number of fused-ring (bicyclic) bond motifs is 3. The van der Waals surface area contributed by atoms with Gasteiger partial charge in [0.2, 0.25) is 5.91 Å². The van der Waals surface area contributed by atoms with Gasteiger partial charge in [-0.15, -0.1) is 0 Å². The molecule has 4 aromatic rings. The van der Waals surface area contributed by atoms with Crippen LogP contribution < -0.4 is 10.6 Å². The molecule has 1 aliphatic rings. The lowest BCUT2D eigenvalue weighted by molar-refractivity contribution is -0.129. The topological polar surface area (TPSA) is 128 Å². The van der Waals surface area contributed by atoms with Crippen molar-refractivity contribution in [3.05, 3.63) is 131 Å². The Balaban J connectivity index is 1.34. The van der Waals surface area contributed by atoms with E-state index in [2.05, 4.69) is 34.9 Å². The van der Waals surface area contributed by atoms with Crippen LogP contribution in [0.25, 0.3) is 11.1 Å². The number of likely N-dealkylation sites (N-methyl/N-ethyl adjacent to an activating group) is 1. The van der Waals surface area contributed by atoms with E-state index in [0.717, 1.165) is 38.3 Å². The van der Waals surface area contributed by atoms with E-state index >= 15 is 0 Å². The number of carboxylic acid groups (broad SMARTS) is 1. The van der Waals surface area contributed by atoms with Crippen molar-refractivity contribution in [1.29, 1.82) is 0 Å². The zero-order chi connectivity index (χ0) is 35.8. The lowest BCUT2D eigenvalue weighted by atomic mass is 9.84. The maximum Gasteiger partial charge on any atom is 0.407 e. The van der Waals surface area contributed by atoms with Gasteiger partial charge >= 0.3 is 12.2 Å². The standard InChI is InChI=1S/C41H47N3O6/c1-41(2,3)37(44(4)40(48)49)38(46)42-29(23-27-15-7-5-8-16-27)25-36(45)35(24-28-17-9-6-10-18-28)43-39(47)50-26-34-32-21-13-11-19-30(32)31-20-12-14-22-33(31)34/h5-22,29,34-37,45H,23-26H2,1-4H3,(H,42,46)(H,43,47)(H,48,49)/t29-,35-,36-,37+/m0/s1. The first-order chi connectivity index (χ1) is 23.9. The molecule has 0 heterocycles. The summed E-state index contributed by atoms with van der Waals surface area (Å²) in [6.07, 6.45) is -2.14. The number of hydrogen-bond acceptors (Lipinski definition) is 5. The lowest BCUT2D eigenvalue weighted by Crippen LogP contribution is -2.57. The Bertz CT molecular complexity index is 1710. The molecular formula is C41H47N3O6. The van der Waals surface area contributed by atoms with Gasteiger partial charge in [-0.25, -0.2) is 9.59 Å². The van der Waals surface area contributed by atoms with Gasteiger partial charge in [0.05, 0.1) is 12.1 Å². The highest BCUT2D eigenvalue weighted by Gasteiger charge is 2.39. The number of rotatable bonds is 13. The Labute approximate surface area is 294 Å². The number of amides is 3. The number of nitrogens with one attached hydrogen (secondary N) is 2. The third kappa shape index (κ3) is 8.90. The van der Waals surface area contributed by atoms with Gasteiger partial charge in [-0.05, 0) is 58.1 Å². The van der Waals surface area contributed by atoms with Gasteiger partial charge in [0.25, 0.3) is 0 Å². The number of aliphatic hydroxyl groups is 1. The average Bonchev–Trinajstić information content (AvgIpc) is 3.40. The third-order valence-corrected chi connectivity index (χ3v) is 9.36. The Morgan fingerprint density at radius 3 is 1.78 bits per heavy atom. The predicted octanol–water partition coefficient (Wildman–Crippen LogP) is 6.64. The number of ether oxygens (including phenoxy) is 1. The molecule has 0 spiro atoms. The summed E-state index contributed by atoms with van der Waals surface area (Å²) < 4.78 is 5.85. The minimum absolute atomic E-state index is 0.0927. The van der Waals surface area contributed by atoms with Gasteiger partial charge in [-0.3, -0.25) is 9.69 Å². The fourth-order valence-electron chi connectivity index (χ4n) is 7.03. The summed E-state index contributed by atoms with van der Waals surface area (Å²) in [5, 5.41) is 27.5. The van der Waals surface area contributed by atoms with Gasteiger partial charge in [-0.1, -0.05) is 130 Å². The first-order valence-electron chi connectivity index (χ1n) is 17.1. The van der Waals surface area contributed by atoms with E-state index in [9.17, 15) is 24.6 Å². The molecule has 0 aromatic heterocycles. The number of alkyl carbamates (subject to hydrolysis) is 1. The normalized spacial score (nSPS) is 14.7. The molecule has 0 saturated carbocycles. The minimum atomic E-state index is -1.21. The first kappa shape index (κ1) is 36.1. The highest BCUT2D eigenvalue weighted by molar-refractivity contribution is 5.86. The fraction of sp³-hybridized carbons (Fsp3) is 0.341. The quantitative estimate of drug-likeness (QED) is 0.126. The van der Waals surface area contributed by atoms with Crippen molar-refractivity contribution in [2.45, 2.75) is 70.2 Å². The smallest absolute Gasteiger partial charge is 0.407 e. The molecule has 9 nitrogen and oxygen atoms in total. The summed E-state index contributed by atoms with van der Waals surface area (Å²) in [5.41, 5.74) is 5.61. The number of hydrogen-bond donors (Lipinski definition) is 4. The van der Waals surface area contributed by atoms with Crippen molar-refractivity contribution in [1.82, 2.24) is 15.5 Å². The summed E-state index contributed by atoms with van der Waals surface area (Å²) >= 11 is 0. The molecule has 0 aliphatic heterocycles. The van der Waals surface area contributed by atoms with Crippen LogP contribution in [0.1, 0.15) is 55.4 Å². The maximum absolute atomic E-state index is 13.8. The molecule has 0 radical (unpaired) electrons. The first-order valence-corrected chi connectivity index (χ1v) is 17.1. The Kier molecular flexibility index (Phi) is 11.6. The summed E-state index contributed by atoms with van der Waals surface area (Å²) in [6.45, 7) is 5.57. The number of aliphatic hydroxyl groups excluding tert-OH is 1. The van der Waals surface area contributed by atoms with Crippen LogP contribution in [0.2, 0.25) is 0 Å². The van der Waals surface area contributed by atoms with E-state index in [0.29, 0.717) is 12.8 Å². The summed E-state index contributed by atoms with van der Waals surface area (Å²) in [4.78, 5) is 40.1. The molecule has 0 saturated heterocycles. The van der Waals surface area contributed by atoms with Crippen LogP contribution >= 0.6 is 0 Å². The van der Waals surface area contributed by atoms with Gasteiger partial charge in [0.15, 0.2) is 0 Å². The number of carbonyl (C=O) groups excluding carboxylic acids is 2. The average molecular weight is 678 g/mol. The van der Waals surface area contributed by atoms with E-state index in [4.69, 9.17) is 4.74 Å². The van der Waals surface area contributed by atoms with E-state index in [1.807, 2.05) is 106 Å². The molecule has 1 aliphatic carbocycles. The van der Waals surface area contributed by atoms with Gasteiger partial charge < -0.3 is 25.6 Å². The summed E-state index contributed by atoms with van der Waals surface area (Å²) in [5.74, 6) is -0.574. The van der Waals surface area contributed by atoms with E-state index < -0.39 is 47.7 Å². The van der Waals surface area contributed by atoms with Crippen LogP contribution in [0.15, 0.2) is 109 Å². The van der Waals surface area contributed by atoms with Crippen molar-refractivity contribution < 1.29 is 29.3 Å². The zero-order valence-electron chi connectivity index (χ0n) is 29.1. The molecule has 50 heavy (non-hydrogen) atoms.